The number of nitrogens with zero attached hydrogens (tertiary/aromatic N) is 1. The van der Waals surface area contributed by atoms with Crippen LogP contribution in [0.1, 0.15) is 15.9 Å². The minimum atomic E-state index is -1.04. The molecule has 5 heteroatoms. The summed E-state index contributed by atoms with van der Waals surface area (Å²) in [6.45, 7) is 0.603. The van der Waals surface area contributed by atoms with Gasteiger partial charge in [0.2, 0.25) is 0 Å². The second-order valence-corrected chi connectivity index (χ2v) is 4.09. The van der Waals surface area contributed by atoms with Gasteiger partial charge in [0, 0.05) is 24.8 Å². The Morgan fingerprint density at radius 3 is 2.94 bits per heavy atom. The highest BCUT2D eigenvalue weighted by Crippen LogP contribution is 2.27. The van der Waals surface area contributed by atoms with Crippen molar-refractivity contribution >= 4 is 17.6 Å². The van der Waals surface area contributed by atoms with Crippen molar-refractivity contribution < 1.29 is 14.7 Å². The van der Waals surface area contributed by atoms with Crippen LogP contribution in [0.2, 0.25) is 0 Å². The van der Waals surface area contributed by atoms with Gasteiger partial charge in [-0.05, 0) is 30.2 Å². The molecule has 0 spiro atoms. The molecule has 90 valence electrons. The lowest BCUT2D eigenvalue weighted by molar-refractivity contribution is -0.135. The van der Waals surface area contributed by atoms with Crippen molar-refractivity contribution in [1.82, 2.24) is 5.32 Å². The zero-order valence-electron chi connectivity index (χ0n) is 9.56. The van der Waals surface area contributed by atoms with E-state index in [4.69, 9.17) is 5.11 Å². The Bertz CT molecular complexity index is 471. The molecular formula is C12H14N2O3. The summed E-state index contributed by atoms with van der Waals surface area (Å²) in [6.07, 6.45) is 0.923. The van der Waals surface area contributed by atoms with Crippen molar-refractivity contribution in [2.24, 2.45) is 0 Å². The summed E-state index contributed by atoms with van der Waals surface area (Å²) in [5, 5.41) is 10.8. The van der Waals surface area contributed by atoms with Crippen molar-refractivity contribution in [1.29, 1.82) is 0 Å². The van der Waals surface area contributed by atoms with Crippen LogP contribution in [-0.4, -0.2) is 37.1 Å². The summed E-state index contributed by atoms with van der Waals surface area (Å²) in [6, 6.07) is 5.45. The minimum Gasteiger partial charge on any atom is -0.480 e. The molecule has 0 atom stereocenters. The number of rotatable bonds is 3. The maximum Gasteiger partial charge on any atom is 0.322 e. The number of likely N-dealkylation sites (N-methyl/N-ethyl adjacent to an activating group) is 1. The third-order valence-electron chi connectivity index (χ3n) is 2.87. The average Bonchev–Trinajstić information content (AvgIpc) is 2.67. The lowest BCUT2D eigenvalue weighted by Gasteiger charge is -2.11. The smallest absolute Gasteiger partial charge is 0.322 e. The summed E-state index contributed by atoms with van der Waals surface area (Å²) >= 11 is 0. The summed E-state index contributed by atoms with van der Waals surface area (Å²) in [5.41, 5.74) is 2.79. The van der Waals surface area contributed by atoms with Gasteiger partial charge in [-0.1, -0.05) is 0 Å². The van der Waals surface area contributed by atoms with Crippen molar-refractivity contribution in [3.63, 3.8) is 0 Å². The zero-order valence-corrected chi connectivity index (χ0v) is 9.56. The lowest BCUT2D eigenvalue weighted by atomic mass is 10.1. The summed E-state index contributed by atoms with van der Waals surface area (Å²) in [7, 11) is 2.01. The molecule has 0 radical (unpaired) electrons. The van der Waals surface area contributed by atoms with Crippen LogP contribution in [0.4, 0.5) is 5.69 Å². The molecule has 2 rings (SSSR count). The number of hydrogen-bond acceptors (Lipinski definition) is 3. The Balaban J connectivity index is 2.12. The van der Waals surface area contributed by atoms with Crippen LogP contribution in [0.15, 0.2) is 18.2 Å². The van der Waals surface area contributed by atoms with Gasteiger partial charge in [-0.2, -0.15) is 0 Å². The molecule has 0 saturated carbocycles. The maximum absolute atomic E-state index is 11.6. The number of carbonyl (C=O) groups excluding carboxylic acids is 1. The van der Waals surface area contributed by atoms with E-state index < -0.39 is 5.97 Å². The molecule has 0 bridgehead atoms. The summed E-state index contributed by atoms with van der Waals surface area (Å²) in [4.78, 5) is 24.1. The minimum absolute atomic E-state index is 0.343. The summed E-state index contributed by atoms with van der Waals surface area (Å²) < 4.78 is 0. The molecule has 0 aromatic heterocycles. The number of carboxylic acids is 1. The predicted octanol–water partition coefficient (Wildman–Crippen LogP) is 0.493. The van der Waals surface area contributed by atoms with Crippen molar-refractivity contribution in [2.45, 2.75) is 6.42 Å². The molecule has 1 aliphatic heterocycles. The fourth-order valence-electron chi connectivity index (χ4n) is 1.97. The van der Waals surface area contributed by atoms with E-state index in [1.807, 2.05) is 19.2 Å². The molecule has 1 aromatic carbocycles. The normalized spacial score (nSPS) is 13.4. The van der Waals surface area contributed by atoms with E-state index in [1.165, 1.54) is 0 Å². The molecular weight excluding hydrogens is 220 g/mol. The van der Waals surface area contributed by atoms with Crippen LogP contribution < -0.4 is 10.2 Å². The van der Waals surface area contributed by atoms with Gasteiger partial charge in [-0.3, -0.25) is 9.59 Å². The number of carboxylic acid groups (broad SMARTS) is 1. The van der Waals surface area contributed by atoms with Gasteiger partial charge in [0.25, 0.3) is 5.91 Å². The SMILES string of the molecule is CN1CCc2cc(C(=O)NCC(=O)O)ccc21. The number of amides is 1. The second kappa shape index (κ2) is 4.45. The number of nitrogens with one attached hydrogen (secondary N) is 1. The van der Waals surface area contributed by atoms with E-state index in [-0.39, 0.29) is 12.5 Å². The third-order valence-corrected chi connectivity index (χ3v) is 2.87. The standard InChI is InChI=1S/C12H14N2O3/c1-14-5-4-8-6-9(2-3-10(8)14)12(17)13-7-11(15)16/h2-3,6H,4-5,7H2,1H3,(H,13,17)(H,15,16). The molecule has 17 heavy (non-hydrogen) atoms. The zero-order chi connectivity index (χ0) is 12.4. The Kier molecular flexibility index (Phi) is 2.99. The molecule has 0 saturated heterocycles. The second-order valence-electron chi connectivity index (χ2n) is 4.09. The predicted molar refractivity (Wildman–Crippen MR) is 63.4 cm³/mol. The maximum atomic E-state index is 11.6. The Labute approximate surface area is 99.0 Å². The fraction of sp³-hybridized carbons (Fsp3) is 0.333. The number of benzene rings is 1. The highest BCUT2D eigenvalue weighted by atomic mass is 16.4. The van der Waals surface area contributed by atoms with E-state index in [1.54, 1.807) is 6.07 Å². The topological polar surface area (TPSA) is 69.6 Å². The lowest BCUT2D eigenvalue weighted by Crippen LogP contribution is -2.29. The molecule has 0 aliphatic carbocycles. The fourth-order valence-corrected chi connectivity index (χ4v) is 1.97. The van der Waals surface area contributed by atoms with Crippen LogP contribution >= 0.6 is 0 Å². The molecule has 1 aromatic rings. The molecule has 1 heterocycles. The van der Waals surface area contributed by atoms with Crippen LogP contribution in [0.3, 0.4) is 0 Å². The van der Waals surface area contributed by atoms with Crippen LogP contribution in [0.5, 0.6) is 0 Å². The molecule has 2 N–H and O–H groups in total. The van der Waals surface area contributed by atoms with Gasteiger partial charge >= 0.3 is 5.97 Å². The van der Waals surface area contributed by atoms with Crippen LogP contribution in [0.25, 0.3) is 0 Å². The molecule has 0 unspecified atom stereocenters. The Morgan fingerprint density at radius 1 is 1.47 bits per heavy atom. The molecule has 1 amide bonds. The average molecular weight is 234 g/mol. The first-order valence-electron chi connectivity index (χ1n) is 5.42. The number of aliphatic carboxylic acids is 1. The summed E-state index contributed by atoms with van der Waals surface area (Å²) in [5.74, 6) is -1.39. The van der Waals surface area contributed by atoms with Gasteiger partial charge in [-0.25, -0.2) is 0 Å². The molecule has 1 aliphatic rings. The van der Waals surface area contributed by atoms with Crippen molar-refractivity contribution in [2.75, 3.05) is 25.0 Å². The Hall–Kier alpha value is -2.04. The van der Waals surface area contributed by atoms with Crippen molar-refractivity contribution in [3.05, 3.63) is 29.3 Å². The van der Waals surface area contributed by atoms with Gasteiger partial charge < -0.3 is 15.3 Å². The third kappa shape index (κ3) is 2.38. The van der Waals surface area contributed by atoms with E-state index in [0.717, 1.165) is 24.2 Å². The Morgan fingerprint density at radius 2 is 2.24 bits per heavy atom. The van der Waals surface area contributed by atoms with Crippen LogP contribution in [0, 0.1) is 0 Å². The van der Waals surface area contributed by atoms with Gasteiger partial charge in [0.15, 0.2) is 0 Å². The largest absolute Gasteiger partial charge is 0.480 e. The molecule has 5 nitrogen and oxygen atoms in total. The first-order chi connectivity index (χ1) is 8.08. The monoisotopic (exact) mass is 234 g/mol. The van der Waals surface area contributed by atoms with E-state index in [9.17, 15) is 9.59 Å². The van der Waals surface area contributed by atoms with Crippen molar-refractivity contribution in [3.8, 4) is 0 Å². The molecule has 0 fully saturated rings. The number of fused-ring (bicyclic) bond motifs is 1. The number of anilines is 1. The van der Waals surface area contributed by atoms with Gasteiger partial charge in [0.05, 0.1) is 0 Å². The highest BCUT2D eigenvalue weighted by molar-refractivity contribution is 5.96. The quantitative estimate of drug-likeness (QED) is 0.798. The van der Waals surface area contributed by atoms with E-state index >= 15 is 0 Å². The van der Waals surface area contributed by atoms with E-state index in [2.05, 4.69) is 10.2 Å². The number of hydrogen-bond donors (Lipinski definition) is 2. The van der Waals surface area contributed by atoms with Gasteiger partial charge in [0.1, 0.15) is 6.54 Å². The van der Waals surface area contributed by atoms with E-state index in [0.29, 0.717) is 5.56 Å². The highest BCUT2D eigenvalue weighted by Gasteiger charge is 2.17. The number of carbonyl (C=O) groups is 2. The first kappa shape index (κ1) is 11.4. The van der Waals surface area contributed by atoms with Crippen LogP contribution in [-0.2, 0) is 11.2 Å². The van der Waals surface area contributed by atoms with Gasteiger partial charge in [-0.15, -0.1) is 0 Å². The first-order valence-corrected chi connectivity index (χ1v) is 5.42.